The summed E-state index contributed by atoms with van der Waals surface area (Å²) in [5.41, 5.74) is -0.304. The number of aryl methyl sites for hydroxylation is 1. The summed E-state index contributed by atoms with van der Waals surface area (Å²) in [5.74, 6) is 1.74. The van der Waals surface area contributed by atoms with E-state index >= 15 is 0 Å². The molecular formula is C11H16N2O3S. The first-order valence-electron chi connectivity index (χ1n) is 5.22. The number of ether oxygens (including phenoxy) is 1. The molecule has 17 heavy (non-hydrogen) atoms. The zero-order chi connectivity index (χ0) is 12.7. The molecule has 0 aliphatic carbocycles. The number of aromatic amines is 1. The van der Waals surface area contributed by atoms with Crippen LogP contribution in [0.15, 0.2) is 28.4 Å². The van der Waals surface area contributed by atoms with Crippen molar-refractivity contribution in [2.75, 3.05) is 18.1 Å². The van der Waals surface area contributed by atoms with Crippen molar-refractivity contribution < 1.29 is 4.74 Å². The Balaban J connectivity index is 2.42. The summed E-state index contributed by atoms with van der Waals surface area (Å²) in [7, 11) is 0. The first kappa shape index (κ1) is 13.8. The second kappa shape index (κ2) is 7.13. The quantitative estimate of drug-likeness (QED) is 0.577. The summed E-state index contributed by atoms with van der Waals surface area (Å²) in [5, 5.41) is 0. The van der Waals surface area contributed by atoms with E-state index in [0.717, 1.165) is 11.5 Å². The molecule has 5 nitrogen and oxygen atoms in total. The molecule has 0 radical (unpaired) electrons. The average Bonchev–Trinajstić information content (AvgIpc) is 2.30. The highest BCUT2D eigenvalue weighted by Gasteiger charge is 2.00. The molecule has 0 saturated carbocycles. The van der Waals surface area contributed by atoms with Gasteiger partial charge in [0.1, 0.15) is 6.73 Å². The Morgan fingerprint density at radius 3 is 3.06 bits per heavy atom. The van der Waals surface area contributed by atoms with Crippen LogP contribution in [0.2, 0.25) is 0 Å². The van der Waals surface area contributed by atoms with Crippen LogP contribution in [0.4, 0.5) is 0 Å². The Bertz CT molecular complexity index is 478. The van der Waals surface area contributed by atoms with E-state index in [0.29, 0.717) is 12.2 Å². The van der Waals surface area contributed by atoms with Crippen molar-refractivity contribution in [2.45, 2.75) is 13.7 Å². The predicted molar refractivity (Wildman–Crippen MR) is 69.5 cm³/mol. The van der Waals surface area contributed by atoms with Gasteiger partial charge in [-0.3, -0.25) is 14.3 Å². The van der Waals surface area contributed by atoms with Crippen molar-refractivity contribution in [2.24, 2.45) is 0 Å². The summed E-state index contributed by atoms with van der Waals surface area (Å²) in [4.78, 5) is 24.7. The minimum atomic E-state index is -0.445. The van der Waals surface area contributed by atoms with Crippen LogP contribution in [-0.4, -0.2) is 27.7 Å². The van der Waals surface area contributed by atoms with Gasteiger partial charge in [0.25, 0.3) is 5.56 Å². The molecular weight excluding hydrogens is 240 g/mol. The van der Waals surface area contributed by atoms with Gasteiger partial charge in [0, 0.05) is 23.3 Å². The second-order valence-electron chi connectivity index (χ2n) is 3.44. The smallest absolute Gasteiger partial charge is 0.330 e. The number of hydrogen-bond acceptors (Lipinski definition) is 4. The standard InChI is InChI=1S/C11H16N2O3S/c1-3-5-17-6-4-16-8-13-7-9(2)10(14)12-11(13)15/h3,7H,1,4-6,8H2,2H3,(H,12,14,15). The lowest BCUT2D eigenvalue weighted by molar-refractivity contribution is 0.0862. The van der Waals surface area contributed by atoms with Crippen molar-refractivity contribution >= 4 is 11.8 Å². The fraction of sp³-hybridized carbons (Fsp3) is 0.455. The van der Waals surface area contributed by atoms with Gasteiger partial charge in [-0.05, 0) is 6.92 Å². The predicted octanol–water partition coefficient (Wildman–Crippen LogP) is 0.738. The minimum Gasteiger partial charge on any atom is -0.360 e. The van der Waals surface area contributed by atoms with Gasteiger partial charge < -0.3 is 4.74 Å². The van der Waals surface area contributed by atoms with Gasteiger partial charge in [-0.15, -0.1) is 6.58 Å². The monoisotopic (exact) mass is 256 g/mol. The molecule has 1 aromatic heterocycles. The zero-order valence-corrected chi connectivity index (χ0v) is 10.6. The SMILES string of the molecule is C=CCSCCOCn1cc(C)c(=O)[nH]c1=O. The van der Waals surface area contributed by atoms with Crippen LogP contribution in [0.3, 0.4) is 0 Å². The van der Waals surface area contributed by atoms with Gasteiger partial charge in [0.2, 0.25) is 0 Å². The lowest BCUT2D eigenvalue weighted by atomic mass is 10.4. The molecule has 0 aliphatic heterocycles. The molecule has 0 spiro atoms. The molecule has 0 bridgehead atoms. The van der Waals surface area contributed by atoms with Crippen LogP contribution >= 0.6 is 11.8 Å². The van der Waals surface area contributed by atoms with E-state index in [1.807, 2.05) is 6.08 Å². The molecule has 0 aliphatic rings. The third-order valence-electron chi connectivity index (χ3n) is 2.03. The van der Waals surface area contributed by atoms with Gasteiger partial charge in [-0.2, -0.15) is 11.8 Å². The molecule has 0 amide bonds. The topological polar surface area (TPSA) is 64.1 Å². The third kappa shape index (κ3) is 4.62. The van der Waals surface area contributed by atoms with Crippen LogP contribution in [0.1, 0.15) is 5.56 Å². The number of hydrogen-bond donors (Lipinski definition) is 1. The molecule has 1 N–H and O–H groups in total. The van der Waals surface area contributed by atoms with Crippen molar-refractivity contribution in [1.82, 2.24) is 9.55 Å². The Labute approximate surface area is 104 Å². The lowest BCUT2D eigenvalue weighted by Crippen LogP contribution is -2.31. The molecule has 0 unspecified atom stereocenters. The number of nitrogens with zero attached hydrogens (tertiary/aromatic N) is 1. The van der Waals surface area contributed by atoms with Gasteiger partial charge in [0.15, 0.2) is 0 Å². The van der Waals surface area contributed by atoms with E-state index < -0.39 is 5.69 Å². The Morgan fingerprint density at radius 2 is 2.35 bits per heavy atom. The van der Waals surface area contributed by atoms with Crippen molar-refractivity contribution in [1.29, 1.82) is 0 Å². The van der Waals surface area contributed by atoms with Gasteiger partial charge in [-0.1, -0.05) is 6.08 Å². The first-order valence-corrected chi connectivity index (χ1v) is 6.37. The van der Waals surface area contributed by atoms with E-state index in [4.69, 9.17) is 4.74 Å². The van der Waals surface area contributed by atoms with E-state index in [1.54, 1.807) is 18.7 Å². The van der Waals surface area contributed by atoms with Gasteiger partial charge >= 0.3 is 5.69 Å². The molecule has 6 heteroatoms. The van der Waals surface area contributed by atoms with E-state index in [9.17, 15) is 9.59 Å². The van der Waals surface area contributed by atoms with E-state index in [2.05, 4.69) is 11.6 Å². The summed E-state index contributed by atoms with van der Waals surface area (Å²) in [6.45, 7) is 5.98. The maximum Gasteiger partial charge on any atom is 0.330 e. The lowest BCUT2D eigenvalue weighted by Gasteiger charge is -2.06. The summed E-state index contributed by atoms with van der Waals surface area (Å²) in [6, 6.07) is 0. The number of rotatable bonds is 7. The number of nitrogens with one attached hydrogen (secondary N) is 1. The zero-order valence-electron chi connectivity index (χ0n) is 9.77. The van der Waals surface area contributed by atoms with Crippen molar-refractivity contribution in [3.8, 4) is 0 Å². The van der Waals surface area contributed by atoms with Crippen molar-refractivity contribution in [3.63, 3.8) is 0 Å². The molecule has 1 heterocycles. The molecule has 0 atom stereocenters. The summed E-state index contributed by atoms with van der Waals surface area (Å²) >= 11 is 1.71. The van der Waals surface area contributed by atoms with Crippen LogP contribution < -0.4 is 11.2 Å². The van der Waals surface area contributed by atoms with Crippen molar-refractivity contribution in [3.05, 3.63) is 45.3 Å². The largest absolute Gasteiger partial charge is 0.360 e. The maximum atomic E-state index is 11.4. The van der Waals surface area contributed by atoms with Crippen LogP contribution in [0, 0.1) is 6.92 Å². The van der Waals surface area contributed by atoms with Gasteiger partial charge in [-0.25, -0.2) is 4.79 Å². The second-order valence-corrected chi connectivity index (χ2v) is 4.59. The average molecular weight is 256 g/mol. The van der Waals surface area contributed by atoms with E-state index in [-0.39, 0.29) is 12.3 Å². The van der Waals surface area contributed by atoms with E-state index in [1.165, 1.54) is 10.8 Å². The normalized spacial score (nSPS) is 10.4. The van der Waals surface area contributed by atoms with Crippen LogP contribution in [0.5, 0.6) is 0 Å². The molecule has 0 aromatic carbocycles. The Hall–Kier alpha value is -1.27. The Kier molecular flexibility index (Phi) is 5.79. The van der Waals surface area contributed by atoms with Crippen LogP contribution in [0.25, 0.3) is 0 Å². The van der Waals surface area contributed by atoms with Crippen LogP contribution in [-0.2, 0) is 11.5 Å². The molecule has 1 aromatic rings. The fourth-order valence-electron chi connectivity index (χ4n) is 1.16. The number of H-pyrrole nitrogens is 1. The van der Waals surface area contributed by atoms with Gasteiger partial charge in [0.05, 0.1) is 6.61 Å². The summed E-state index contributed by atoms with van der Waals surface area (Å²) < 4.78 is 6.67. The number of aromatic nitrogens is 2. The highest BCUT2D eigenvalue weighted by molar-refractivity contribution is 7.99. The number of thioether (sulfide) groups is 1. The highest BCUT2D eigenvalue weighted by atomic mass is 32.2. The molecule has 0 saturated heterocycles. The minimum absolute atomic E-state index is 0.158. The first-order chi connectivity index (χ1) is 8.15. The Morgan fingerprint density at radius 1 is 1.59 bits per heavy atom. The third-order valence-corrected chi connectivity index (χ3v) is 2.95. The molecule has 94 valence electrons. The summed E-state index contributed by atoms with van der Waals surface area (Å²) in [6.07, 6.45) is 3.33. The molecule has 0 fully saturated rings. The molecule has 1 rings (SSSR count). The highest BCUT2D eigenvalue weighted by Crippen LogP contribution is 1.99. The fourth-order valence-corrected chi connectivity index (χ4v) is 1.73. The maximum absolute atomic E-state index is 11.4.